The summed E-state index contributed by atoms with van der Waals surface area (Å²) in [5.74, 6) is 1.33. The lowest BCUT2D eigenvalue weighted by Crippen LogP contribution is -2.22. The van der Waals surface area contributed by atoms with Gasteiger partial charge in [0.05, 0.1) is 0 Å². The fourth-order valence-corrected chi connectivity index (χ4v) is 2.50. The lowest BCUT2D eigenvalue weighted by atomic mass is 9.97. The van der Waals surface area contributed by atoms with Crippen LogP contribution in [0.5, 0.6) is 0 Å². The molecule has 0 radical (unpaired) electrons. The highest BCUT2D eigenvalue weighted by molar-refractivity contribution is 5.44. The van der Waals surface area contributed by atoms with Crippen LogP contribution >= 0.6 is 0 Å². The van der Waals surface area contributed by atoms with Crippen LogP contribution in [-0.2, 0) is 0 Å². The van der Waals surface area contributed by atoms with E-state index in [0.29, 0.717) is 23.2 Å². The van der Waals surface area contributed by atoms with Gasteiger partial charge in [-0.15, -0.1) is 0 Å². The van der Waals surface area contributed by atoms with E-state index in [1.165, 1.54) is 12.0 Å². The molecule has 1 saturated carbocycles. The molecule has 88 valence electrons. The van der Waals surface area contributed by atoms with Gasteiger partial charge in [0.1, 0.15) is 5.82 Å². The predicted molar refractivity (Wildman–Crippen MR) is 67.1 cm³/mol. The van der Waals surface area contributed by atoms with Gasteiger partial charge in [0.15, 0.2) is 0 Å². The maximum absolute atomic E-state index is 5.97. The maximum Gasteiger partial charge on any atom is 0.128 e. The molecule has 16 heavy (non-hydrogen) atoms. The standard InChI is InChI=1S/C13H21N3/c1-8-5-9(12(14)16-7-8)11(15-4)10-6-13(10,2)3/h5,7,10-11,15H,6H2,1-4H3,(H2,14,16). The second-order valence-electron chi connectivity index (χ2n) is 5.55. The quantitative estimate of drug-likeness (QED) is 0.820. The average molecular weight is 219 g/mol. The minimum Gasteiger partial charge on any atom is -0.383 e. The van der Waals surface area contributed by atoms with Crippen molar-refractivity contribution in [1.82, 2.24) is 10.3 Å². The highest BCUT2D eigenvalue weighted by Crippen LogP contribution is 2.58. The zero-order chi connectivity index (χ0) is 11.9. The number of nitrogens with two attached hydrogens (primary N) is 1. The van der Waals surface area contributed by atoms with Crippen LogP contribution in [0.4, 0.5) is 5.82 Å². The molecule has 0 aromatic carbocycles. The number of pyridine rings is 1. The van der Waals surface area contributed by atoms with E-state index in [9.17, 15) is 0 Å². The van der Waals surface area contributed by atoms with Crippen molar-refractivity contribution in [3.8, 4) is 0 Å². The van der Waals surface area contributed by atoms with Crippen molar-refractivity contribution in [3.63, 3.8) is 0 Å². The van der Waals surface area contributed by atoms with Gasteiger partial charge in [-0.1, -0.05) is 13.8 Å². The predicted octanol–water partition coefficient (Wildman–Crippen LogP) is 2.28. The van der Waals surface area contributed by atoms with Crippen LogP contribution in [-0.4, -0.2) is 12.0 Å². The van der Waals surface area contributed by atoms with Gasteiger partial charge in [-0.2, -0.15) is 0 Å². The first kappa shape index (κ1) is 11.4. The van der Waals surface area contributed by atoms with Crippen LogP contribution in [0.1, 0.15) is 37.4 Å². The monoisotopic (exact) mass is 219 g/mol. The summed E-state index contributed by atoms with van der Waals surface area (Å²) in [5, 5.41) is 3.38. The molecule has 2 unspecified atom stereocenters. The molecule has 0 saturated heterocycles. The van der Waals surface area contributed by atoms with E-state index >= 15 is 0 Å². The summed E-state index contributed by atoms with van der Waals surface area (Å²) in [5.41, 5.74) is 8.72. The SMILES string of the molecule is CNC(c1cc(C)cnc1N)C1CC1(C)C. The maximum atomic E-state index is 5.97. The number of nitrogens with one attached hydrogen (secondary N) is 1. The van der Waals surface area contributed by atoms with Crippen molar-refractivity contribution >= 4 is 5.82 Å². The molecule has 0 aliphatic heterocycles. The Morgan fingerprint density at radius 2 is 2.19 bits per heavy atom. The van der Waals surface area contributed by atoms with Gasteiger partial charge in [0.25, 0.3) is 0 Å². The number of hydrogen-bond acceptors (Lipinski definition) is 3. The summed E-state index contributed by atoms with van der Waals surface area (Å²) < 4.78 is 0. The van der Waals surface area contributed by atoms with Crippen molar-refractivity contribution in [2.45, 2.75) is 33.2 Å². The van der Waals surface area contributed by atoms with E-state index in [-0.39, 0.29) is 0 Å². The van der Waals surface area contributed by atoms with Crippen molar-refractivity contribution < 1.29 is 0 Å². The first-order valence-electron chi connectivity index (χ1n) is 5.85. The Labute approximate surface area is 97.5 Å². The first-order valence-corrected chi connectivity index (χ1v) is 5.85. The Balaban J connectivity index is 2.30. The largest absolute Gasteiger partial charge is 0.383 e. The summed E-state index contributed by atoms with van der Waals surface area (Å²) >= 11 is 0. The van der Waals surface area contributed by atoms with Crippen LogP contribution in [0, 0.1) is 18.3 Å². The number of nitrogen functional groups attached to an aromatic ring is 1. The van der Waals surface area contributed by atoms with E-state index < -0.39 is 0 Å². The summed E-state index contributed by atoms with van der Waals surface area (Å²) in [6, 6.07) is 2.49. The molecule has 1 heterocycles. The van der Waals surface area contributed by atoms with Crippen LogP contribution in [0.2, 0.25) is 0 Å². The molecule has 3 N–H and O–H groups in total. The first-order chi connectivity index (χ1) is 7.45. The van der Waals surface area contributed by atoms with Crippen LogP contribution in [0.15, 0.2) is 12.3 Å². The third kappa shape index (κ3) is 1.92. The molecular weight excluding hydrogens is 198 g/mol. The zero-order valence-electron chi connectivity index (χ0n) is 10.5. The molecule has 1 aliphatic rings. The number of hydrogen-bond donors (Lipinski definition) is 2. The molecule has 1 aromatic heterocycles. The summed E-state index contributed by atoms with van der Waals surface area (Å²) in [7, 11) is 2.00. The molecule has 1 aromatic rings. The number of nitrogens with zero attached hydrogens (tertiary/aromatic N) is 1. The van der Waals surface area contributed by atoms with Gasteiger partial charge < -0.3 is 11.1 Å². The van der Waals surface area contributed by atoms with Gasteiger partial charge in [-0.05, 0) is 43.4 Å². The van der Waals surface area contributed by atoms with E-state index in [1.807, 2.05) is 13.2 Å². The lowest BCUT2D eigenvalue weighted by molar-refractivity contribution is 0.441. The average Bonchev–Trinajstić information content (AvgIpc) is 2.82. The smallest absolute Gasteiger partial charge is 0.128 e. The lowest BCUT2D eigenvalue weighted by Gasteiger charge is -2.20. The molecule has 2 rings (SSSR count). The third-order valence-electron chi connectivity index (χ3n) is 3.72. The molecule has 1 aliphatic carbocycles. The minimum absolute atomic E-state index is 0.336. The summed E-state index contributed by atoms with van der Waals surface area (Å²) in [6.45, 7) is 6.67. The number of aryl methyl sites for hydroxylation is 1. The molecule has 3 nitrogen and oxygen atoms in total. The molecule has 2 atom stereocenters. The van der Waals surface area contributed by atoms with Crippen molar-refractivity contribution in [2.24, 2.45) is 11.3 Å². The Morgan fingerprint density at radius 1 is 1.56 bits per heavy atom. The number of rotatable bonds is 3. The Bertz CT molecular complexity index is 398. The molecule has 0 bridgehead atoms. The van der Waals surface area contributed by atoms with Crippen LogP contribution in [0.25, 0.3) is 0 Å². The molecular formula is C13H21N3. The fraction of sp³-hybridized carbons (Fsp3) is 0.615. The third-order valence-corrected chi connectivity index (χ3v) is 3.72. The Morgan fingerprint density at radius 3 is 2.69 bits per heavy atom. The molecule has 0 spiro atoms. The van der Waals surface area contributed by atoms with Gasteiger partial charge in [0.2, 0.25) is 0 Å². The Hall–Kier alpha value is -1.09. The van der Waals surface area contributed by atoms with Crippen molar-refractivity contribution in [1.29, 1.82) is 0 Å². The molecule has 1 fully saturated rings. The molecule has 3 heteroatoms. The number of anilines is 1. The highest BCUT2D eigenvalue weighted by Gasteiger charge is 2.50. The Kier molecular flexibility index (Phi) is 2.66. The van der Waals surface area contributed by atoms with Gasteiger partial charge in [-0.3, -0.25) is 0 Å². The van der Waals surface area contributed by atoms with Crippen molar-refractivity contribution in [3.05, 3.63) is 23.4 Å². The minimum atomic E-state index is 0.336. The number of aromatic nitrogens is 1. The topological polar surface area (TPSA) is 50.9 Å². The van der Waals surface area contributed by atoms with Gasteiger partial charge in [0, 0.05) is 17.8 Å². The normalized spacial score (nSPS) is 24.1. The second kappa shape index (κ2) is 3.74. The van der Waals surface area contributed by atoms with E-state index in [2.05, 4.69) is 37.1 Å². The highest BCUT2D eigenvalue weighted by atomic mass is 14.9. The second-order valence-corrected chi connectivity index (χ2v) is 5.55. The van der Waals surface area contributed by atoms with E-state index in [4.69, 9.17) is 5.73 Å². The van der Waals surface area contributed by atoms with Crippen LogP contribution in [0.3, 0.4) is 0 Å². The fourth-order valence-electron chi connectivity index (χ4n) is 2.50. The van der Waals surface area contributed by atoms with E-state index in [1.54, 1.807) is 0 Å². The van der Waals surface area contributed by atoms with Crippen molar-refractivity contribution in [2.75, 3.05) is 12.8 Å². The van der Waals surface area contributed by atoms with Gasteiger partial charge in [-0.25, -0.2) is 4.98 Å². The summed E-state index contributed by atoms with van der Waals surface area (Å²) in [4.78, 5) is 4.24. The molecule has 0 amide bonds. The summed E-state index contributed by atoms with van der Waals surface area (Å²) in [6.07, 6.45) is 3.08. The zero-order valence-corrected chi connectivity index (χ0v) is 10.5. The van der Waals surface area contributed by atoms with E-state index in [0.717, 1.165) is 5.56 Å². The van der Waals surface area contributed by atoms with Crippen LogP contribution < -0.4 is 11.1 Å². The van der Waals surface area contributed by atoms with Gasteiger partial charge >= 0.3 is 0 Å².